The van der Waals surface area contributed by atoms with Crippen LogP contribution < -0.4 is 0 Å². The summed E-state index contributed by atoms with van der Waals surface area (Å²) in [7, 11) is 4.23. The third-order valence-corrected chi connectivity index (χ3v) is 10.1. The molecule has 2 heterocycles. The maximum atomic E-state index is 6.29. The van der Waals surface area contributed by atoms with E-state index in [4.69, 9.17) is 33.2 Å². The molecule has 0 amide bonds. The van der Waals surface area contributed by atoms with Gasteiger partial charge in [0, 0.05) is 57.5 Å². The smallest absolute Gasteiger partial charge is 0.141 e. The standard InChI is InChI=1S/C42H36Cl2N4/c1-25-26(2)36(42-46-38(30-19-23-34(44)24-20-30)40(48(42)6)32-15-11-8-12-16-32)28(4)27(3)35(25)41-45-37(29-17-21-33(43)22-18-29)39(47(41)5)31-13-9-7-10-14-31/h7-24H,1-6H3. The number of hydrogen-bond acceptors (Lipinski definition) is 2. The Hall–Kier alpha value is -4.90. The van der Waals surface area contributed by atoms with Crippen molar-refractivity contribution in [2.75, 3.05) is 0 Å². The Kier molecular flexibility index (Phi) is 8.32. The van der Waals surface area contributed by atoms with Gasteiger partial charge in [0.05, 0.1) is 22.8 Å². The summed E-state index contributed by atoms with van der Waals surface area (Å²) in [5.41, 5.74) is 15.3. The van der Waals surface area contributed by atoms with Crippen molar-refractivity contribution in [1.29, 1.82) is 0 Å². The number of imidazole rings is 2. The molecule has 0 aliphatic heterocycles. The van der Waals surface area contributed by atoms with Crippen molar-refractivity contribution in [1.82, 2.24) is 19.1 Å². The van der Waals surface area contributed by atoms with Crippen LogP contribution in [0, 0.1) is 27.7 Å². The molecule has 0 saturated heterocycles. The second-order valence-electron chi connectivity index (χ2n) is 12.4. The van der Waals surface area contributed by atoms with Crippen molar-refractivity contribution in [3.63, 3.8) is 0 Å². The number of hydrogen-bond donors (Lipinski definition) is 0. The molecule has 7 aromatic rings. The van der Waals surface area contributed by atoms with E-state index in [1.54, 1.807) is 0 Å². The average Bonchev–Trinajstić information content (AvgIpc) is 3.62. The first-order valence-electron chi connectivity index (χ1n) is 16.0. The minimum atomic E-state index is 0.702. The number of aromatic nitrogens is 4. The first-order valence-corrected chi connectivity index (χ1v) is 16.8. The van der Waals surface area contributed by atoms with Crippen LogP contribution in [0.5, 0.6) is 0 Å². The van der Waals surface area contributed by atoms with Gasteiger partial charge < -0.3 is 9.13 Å². The highest BCUT2D eigenvalue weighted by atomic mass is 35.5. The fourth-order valence-corrected chi connectivity index (χ4v) is 7.15. The van der Waals surface area contributed by atoms with Crippen molar-refractivity contribution in [2.45, 2.75) is 27.7 Å². The normalized spacial score (nSPS) is 11.3. The first-order chi connectivity index (χ1) is 23.2. The fourth-order valence-electron chi connectivity index (χ4n) is 6.90. The predicted octanol–water partition coefficient (Wildman–Crippen LogP) is 11.7. The lowest BCUT2D eigenvalue weighted by atomic mass is 9.88. The molecule has 0 aliphatic rings. The van der Waals surface area contributed by atoms with E-state index in [9.17, 15) is 0 Å². The Morgan fingerprint density at radius 3 is 1.04 bits per heavy atom. The Morgan fingerprint density at radius 1 is 0.417 bits per heavy atom. The fraction of sp³-hybridized carbons (Fsp3) is 0.143. The van der Waals surface area contributed by atoms with Crippen LogP contribution in [-0.2, 0) is 14.1 Å². The van der Waals surface area contributed by atoms with Gasteiger partial charge in [-0.25, -0.2) is 9.97 Å². The summed E-state index contributed by atoms with van der Waals surface area (Å²) in [6.45, 7) is 8.84. The first kappa shape index (κ1) is 31.7. The van der Waals surface area contributed by atoms with Gasteiger partial charge in [0.1, 0.15) is 11.6 Å². The molecule has 6 heteroatoms. The molecule has 5 aromatic carbocycles. The molecule has 238 valence electrons. The largest absolute Gasteiger partial charge is 0.327 e. The topological polar surface area (TPSA) is 35.6 Å². The lowest BCUT2D eigenvalue weighted by molar-refractivity contribution is 0.921. The van der Waals surface area contributed by atoms with Crippen LogP contribution in [0.4, 0.5) is 0 Å². The van der Waals surface area contributed by atoms with Gasteiger partial charge in [-0.3, -0.25) is 0 Å². The summed E-state index contributed by atoms with van der Waals surface area (Å²) in [5.74, 6) is 1.86. The number of benzene rings is 5. The Morgan fingerprint density at radius 2 is 0.729 bits per heavy atom. The molecule has 0 spiro atoms. The lowest BCUT2D eigenvalue weighted by Gasteiger charge is -2.21. The summed E-state index contributed by atoms with van der Waals surface area (Å²) in [6.07, 6.45) is 0. The molecule has 0 saturated carbocycles. The minimum absolute atomic E-state index is 0.702. The highest BCUT2D eigenvalue weighted by molar-refractivity contribution is 6.31. The highest BCUT2D eigenvalue weighted by Gasteiger charge is 2.27. The summed E-state index contributed by atoms with van der Waals surface area (Å²) < 4.78 is 4.47. The van der Waals surface area contributed by atoms with Crippen LogP contribution in [0.1, 0.15) is 22.3 Å². The van der Waals surface area contributed by atoms with Crippen molar-refractivity contribution >= 4 is 23.2 Å². The zero-order chi connectivity index (χ0) is 33.7. The molecule has 0 radical (unpaired) electrons. The predicted molar refractivity (Wildman–Crippen MR) is 202 cm³/mol. The van der Waals surface area contributed by atoms with Crippen molar-refractivity contribution in [2.24, 2.45) is 14.1 Å². The third-order valence-electron chi connectivity index (χ3n) is 9.59. The van der Waals surface area contributed by atoms with Crippen LogP contribution in [0.3, 0.4) is 0 Å². The molecular weight excluding hydrogens is 631 g/mol. The number of halogens is 2. The summed E-state index contributed by atoms with van der Waals surface area (Å²) in [6, 6.07) is 36.8. The van der Waals surface area contributed by atoms with Crippen LogP contribution in [-0.4, -0.2) is 19.1 Å². The van der Waals surface area contributed by atoms with Gasteiger partial charge in [-0.05, 0) is 74.2 Å². The zero-order valence-electron chi connectivity index (χ0n) is 27.9. The minimum Gasteiger partial charge on any atom is -0.327 e. The van der Waals surface area contributed by atoms with Crippen LogP contribution >= 0.6 is 23.2 Å². The van der Waals surface area contributed by atoms with Crippen LogP contribution in [0.15, 0.2) is 109 Å². The van der Waals surface area contributed by atoms with E-state index in [1.165, 1.54) is 22.3 Å². The van der Waals surface area contributed by atoms with E-state index in [-0.39, 0.29) is 0 Å². The van der Waals surface area contributed by atoms with Crippen LogP contribution in [0.2, 0.25) is 10.0 Å². The van der Waals surface area contributed by atoms with Gasteiger partial charge in [0.15, 0.2) is 0 Å². The van der Waals surface area contributed by atoms with Gasteiger partial charge in [0.2, 0.25) is 0 Å². The quantitative estimate of drug-likeness (QED) is 0.177. The van der Waals surface area contributed by atoms with E-state index < -0.39 is 0 Å². The van der Waals surface area contributed by atoms with Crippen molar-refractivity contribution in [3.8, 4) is 67.8 Å². The van der Waals surface area contributed by atoms with E-state index in [1.807, 2.05) is 60.7 Å². The third kappa shape index (κ3) is 5.35. The van der Waals surface area contributed by atoms with Crippen LogP contribution in [0.25, 0.3) is 67.8 Å². The molecule has 0 fully saturated rings. The van der Waals surface area contributed by atoms with E-state index >= 15 is 0 Å². The van der Waals surface area contributed by atoms with Gasteiger partial charge in [-0.1, -0.05) is 108 Å². The second kappa shape index (κ2) is 12.6. The lowest BCUT2D eigenvalue weighted by Crippen LogP contribution is -2.06. The average molecular weight is 668 g/mol. The zero-order valence-corrected chi connectivity index (χ0v) is 29.4. The molecule has 0 atom stereocenters. The number of nitrogens with zero attached hydrogens (tertiary/aromatic N) is 4. The summed E-state index contributed by atoms with van der Waals surface area (Å²) in [5, 5.41) is 1.40. The Balaban J connectivity index is 1.46. The molecule has 0 N–H and O–H groups in total. The van der Waals surface area contributed by atoms with Gasteiger partial charge in [-0.2, -0.15) is 0 Å². The van der Waals surface area contributed by atoms with Crippen molar-refractivity contribution in [3.05, 3.63) is 141 Å². The van der Waals surface area contributed by atoms with E-state index in [0.29, 0.717) is 10.0 Å². The molecular formula is C42H36Cl2N4. The van der Waals surface area contributed by atoms with Crippen molar-refractivity contribution < 1.29 is 0 Å². The molecule has 0 aliphatic carbocycles. The second-order valence-corrected chi connectivity index (χ2v) is 13.3. The SMILES string of the molecule is Cc1c(C)c(-c2nc(-c3ccc(Cl)cc3)c(-c3ccccc3)n2C)c(C)c(C)c1-c1nc(-c2ccc(Cl)cc2)c(-c2ccccc2)n1C. The highest BCUT2D eigenvalue weighted by Crippen LogP contribution is 2.44. The maximum absolute atomic E-state index is 6.29. The molecule has 2 aromatic heterocycles. The maximum Gasteiger partial charge on any atom is 0.141 e. The molecule has 0 bridgehead atoms. The molecule has 48 heavy (non-hydrogen) atoms. The molecule has 0 unspecified atom stereocenters. The number of rotatable bonds is 6. The van der Waals surface area contributed by atoms with Gasteiger partial charge in [0.25, 0.3) is 0 Å². The van der Waals surface area contributed by atoms with Gasteiger partial charge >= 0.3 is 0 Å². The molecule has 7 rings (SSSR count). The summed E-state index contributed by atoms with van der Waals surface area (Å²) in [4.78, 5) is 10.7. The monoisotopic (exact) mass is 666 g/mol. The molecule has 4 nitrogen and oxygen atoms in total. The van der Waals surface area contributed by atoms with E-state index in [0.717, 1.165) is 67.8 Å². The summed E-state index contributed by atoms with van der Waals surface area (Å²) >= 11 is 12.6. The Labute approximate surface area is 292 Å². The van der Waals surface area contributed by atoms with E-state index in [2.05, 4.69) is 99.5 Å². The Bertz CT molecular complexity index is 2090. The van der Waals surface area contributed by atoms with Gasteiger partial charge in [-0.15, -0.1) is 0 Å².